The van der Waals surface area contributed by atoms with Gasteiger partial charge >= 0.3 is 0 Å². The molecule has 0 heterocycles. The van der Waals surface area contributed by atoms with Crippen LogP contribution in [0.3, 0.4) is 0 Å². The molecular weight excluding hydrogens is 324 g/mol. The minimum Gasteiger partial charge on any atom is -0.495 e. The molecule has 0 spiro atoms. The molecule has 0 fully saturated rings. The summed E-state index contributed by atoms with van der Waals surface area (Å²) in [5.74, 6) is -1.35. The zero-order chi connectivity index (χ0) is 15.6. The third-order valence-corrected chi connectivity index (χ3v) is 4.26. The minimum absolute atomic E-state index is 0.0834. The van der Waals surface area contributed by atoms with Crippen LogP contribution in [-0.2, 0) is 10.0 Å². The molecule has 0 amide bonds. The SMILES string of the molecule is COc1ccc(S(=O)(=O)Nc2cc(F)ccc2F)cc1Cl. The molecule has 0 aromatic heterocycles. The first kappa shape index (κ1) is 15.5. The van der Waals surface area contributed by atoms with E-state index in [0.29, 0.717) is 5.75 Å². The summed E-state index contributed by atoms with van der Waals surface area (Å²) < 4.78 is 57.6. The maximum Gasteiger partial charge on any atom is 0.262 e. The van der Waals surface area contributed by atoms with Gasteiger partial charge in [0, 0.05) is 6.07 Å². The lowest BCUT2D eigenvalue weighted by Gasteiger charge is -2.10. The van der Waals surface area contributed by atoms with Crippen LogP contribution < -0.4 is 9.46 Å². The monoisotopic (exact) mass is 333 g/mol. The summed E-state index contributed by atoms with van der Waals surface area (Å²) >= 11 is 5.84. The van der Waals surface area contributed by atoms with Gasteiger partial charge in [0.1, 0.15) is 17.4 Å². The molecule has 8 heteroatoms. The number of anilines is 1. The largest absolute Gasteiger partial charge is 0.495 e. The summed E-state index contributed by atoms with van der Waals surface area (Å²) in [6.07, 6.45) is 0. The summed E-state index contributed by atoms with van der Waals surface area (Å²) in [6.45, 7) is 0. The molecule has 4 nitrogen and oxygen atoms in total. The van der Waals surface area contributed by atoms with Crippen LogP contribution in [0.25, 0.3) is 0 Å². The van der Waals surface area contributed by atoms with Gasteiger partial charge in [0.25, 0.3) is 10.0 Å². The first-order valence-electron chi connectivity index (χ1n) is 5.65. The van der Waals surface area contributed by atoms with Crippen LogP contribution in [0, 0.1) is 11.6 Å². The number of ether oxygens (including phenoxy) is 1. The van der Waals surface area contributed by atoms with Crippen LogP contribution in [0.15, 0.2) is 41.3 Å². The standard InChI is InChI=1S/C13H10ClF2NO3S/c1-20-13-5-3-9(7-10(13)14)21(18,19)17-12-6-8(15)2-4-11(12)16/h2-7,17H,1H3. The molecule has 0 saturated heterocycles. The number of methoxy groups -OCH3 is 1. The Bertz CT molecular complexity index is 781. The van der Waals surface area contributed by atoms with Crippen molar-refractivity contribution < 1.29 is 21.9 Å². The number of rotatable bonds is 4. The van der Waals surface area contributed by atoms with E-state index in [1.165, 1.54) is 19.2 Å². The Kier molecular flexibility index (Phi) is 4.34. The molecule has 21 heavy (non-hydrogen) atoms. The van der Waals surface area contributed by atoms with E-state index >= 15 is 0 Å². The number of sulfonamides is 1. The van der Waals surface area contributed by atoms with E-state index in [1.807, 2.05) is 4.72 Å². The van der Waals surface area contributed by atoms with Crippen LogP contribution in [0.5, 0.6) is 5.75 Å². The van der Waals surface area contributed by atoms with Gasteiger partial charge in [-0.15, -0.1) is 0 Å². The molecule has 0 unspecified atom stereocenters. The number of nitrogens with one attached hydrogen (secondary N) is 1. The minimum atomic E-state index is -4.10. The van der Waals surface area contributed by atoms with E-state index in [0.717, 1.165) is 24.3 Å². The van der Waals surface area contributed by atoms with Gasteiger partial charge in [0.15, 0.2) is 0 Å². The maximum atomic E-state index is 13.5. The van der Waals surface area contributed by atoms with Gasteiger partial charge in [0.2, 0.25) is 0 Å². The van der Waals surface area contributed by atoms with E-state index in [4.69, 9.17) is 16.3 Å². The first-order valence-corrected chi connectivity index (χ1v) is 7.51. The molecular formula is C13H10ClF2NO3S. The van der Waals surface area contributed by atoms with E-state index in [1.54, 1.807) is 0 Å². The molecule has 0 saturated carbocycles. The summed E-state index contributed by atoms with van der Waals surface area (Å²) in [4.78, 5) is -0.197. The molecule has 0 aliphatic carbocycles. The van der Waals surface area contributed by atoms with Gasteiger partial charge in [0.05, 0.1) is 22.7 Å². The van der Waals surface area contributed by atoms with Gasteiger partial charge < -0.3 is 4.74 Å². The highest BCUT2D eigenvalue weighted by molar-refractivity contribution is 7.92. The highest BCUT2D eigenvalue weighted by Gasteiger charge is 2.18. The summed E-state index contributed by atoms with van der Waals surface area (Å²) in [6, 6.07) is 6.21. The predicted octanol–water partition coefficient (Wildman–Crippen LogP) is 3.43. The van der Waals surface area contributed by atoms with Gasteiger partial charge in [-0.1, -0.05) is 11.6 Å². The smallest absolute Gasteiger partial charge is 0.262 e. The second-order valence-electron chi connectivity index (χ2n) is 4.03. The molecule has 0 aliphatic heterocycles. The topological polar surface area (TPSA) is 55.4 Å². The third-order valence-electron chi connectivity index (χ3n) is 2.61. The van der Waals surface area contributed by atoms with Crippen LogP contribution in [0.4, 0.5) is 14.5 Å². The van der Waals surface area contributed by atoms with Crippen molar-refractivity contribution in [3.63, 3.8) is 0 Å². The van der Waals surface area contributed by atoms with Crippen molar-refractivity contribution in [3.05, 3.63) is 53.1 Å². The normalized spacial score (nSPS) is 11.2. The molecule has 2 rings (SSSR count). The van der Waals surface area contributed by atoms with Gasteiger partial charge in [-0.2, -0.15) is 0 Å². The van der Waals surface area contributed by atoms with Crippen molar-refractivity contribution in [2.45, 2.75) is 4.90 Å². The Hall–Kier alpha value is -1.86. The van der Waals surface area contributed by atoms with Gasteiger partial charge in [-0.05, 0) is 30.3 Å². The average molecular weight is 334 g/mol. The van der Waals surface area contributed by atoms with Crippen molar-refractivity contribution >= 4 is 27.3 Å². The second-order valence-corrected chi connectivity index (χ2v) is 6.12. The molecule has 2 aromatic rings. The first-order chi connectivity index (χ1) is 9.83. The average Bonchev–Trinajstić information content (AvgIpc) is 2.42. The van der Waals surface area contributed by atoms with Crippen molar-refractivity contribution in [2.75, 3.05) is 11.8 Å². The van der Waals surface area contributed by atoms with E-state index in [-0.39, 0.29) is 9.92 Å². The lowest BCUT2D eigenvalue weighted by molar-refractivity contribution is 0.414. The fraction of sp³-hybridized carbons (Fsp3) is 0.0769. The fourth-order valence-corrected chi connectivity index (χ4v) is 3.00. The van der Waals surface area contributed by atoms with Crippen molar-refractivity contribution in [3.8, 4) is 5.75 Å². The Balaban J connectivity index is 2.38. The maximum absolute atomic E-state index is 13.5. The van der Waals surface area contributed by atoms with Crippen molar-refractivity contribution in [1.82, 2.24) is 0 Å². The Morgan fingerprint density at radius 1 is 1.14 bits per heavy atom. The predicted molar refractivity (Wildman–Crippen MR) is 75.2 cm³/mol. The summed E-state index contributed by atoms with van der Waals surface area (Å²) in [7, 11) is -2.71. The molecule has 1 N–H and O–H groups in total. The molecule has 2 aromatic carbocycles. The van der Waals surface area contributed by atoms with E-state index in [2.05, 4.69) is 0 Å². The number of hydrogen-bond donors (Lipinski definition) is 1. The zero-order valence-corrected chi connectivity index (χ0v) is 12.3. The molecule has 0 atom stereocenters. The number of hydrogen-bond acceptors (Lipinski definition) is 3. The molecule has 112 valence electrons. The molecule has 0 bridgehead atoms. The van der Waals surface area contributed by atoms with E-state index in [9.17, 15) is 17.2 Å². The van der Waals surface area contributed by atoms with E-state index < -0.39 is 27.3 Å². The van der Waals surface area contributed by atoms with Crippen LogP contribution >= 0.6 is 11.6 Å². The summed E-state index contributed by atoms with van der Waals surface area (Å²) in [5.41, 5.74) is -0.484. The molecule has 0 radical (unpaired) electrons. The van der Waals surface area contributed by atoms with Crippen molar-refractivity contribution in [1.29, 1.82) is 0 Å². The van der Waals surface area contributed by atoms with Crippen LogP contribution in [0.1, 0.15) is 0 Å². The lowest BCUT2D eigenvalue weighted by Crippen LogP contribution is -2.14. The number of halogens is 3. The van der Waals surface area contributed by atoms with Crippen molar-refractivity contribution in [2.24, 2.45) is 0 Å². The Morgan fingerprint density at radius 3 is 2.48 bits per heavy atom. The van der Waals surface area contributed by atoms with Crippen LogP contribution in [0.2, 0.25) is 5.02 Å². The van der Waals surface area contributed by atoms with Gasteiger partial charge in [-0.3, -0.25) is 4.72 Å². The lowest BCUT2D eigenvalue weighted by atomic mass is 10.3. The van der Waals surface area contributed by atoms with Crippen LogP contribution in [-0.4, -0.2) is 15.5 Å². The Morgan fingerprint density at radius 2 is 1.86 bits per heavy atom. The number of benzene rings is 2. The second kappa shape index (κ2) is 5.87. The highest BCUT2D eigenvalue weighted by atomic mass is 35.5. The summed E-state index contributed by atoms with van der Waals surface area (Å²) in [5, 5.41) is 0.0834. The van der Waals surface area contributed by atoms with Gasteiger partial charge in [-0.25, -0.2) is 17.2 Å². The Labute approximate surface area is 125 Å². The quantitative estimate of drug-likeness (QED) is 0.932. The fourth-order valence-electron chi connectivity index (χ4n) is 1.59. The zero-order valence-electron chi connectivity index (χ0n) is 10.7. The molecule has 0 aliphatic rings. The highest BCUT2D eigenvalue weighted by Crippen LogP contribution is 2.28. The third kappa shape index (κ3) is 3.43.